The van der Waals surface area contributed by atoms with E-state index in [1.165, 1.54) is 27.2 Å². The van der Waals surface area contributed by atoms with E-state index in [9.17, 15) is 32.7 Å². The molecule has 14 nitrogen and oxygen atoms in total. The maximum Gasteiger partial charge on any atom is 0.277 e. The molecule has 0 aliphatic carbocycles. The Bertz CT molecular complexity index is 3070. The fourth-order valence-electron chi connectivity index (χ4n) is 10.2. The molecule has 0 radical (unpaired) electrons. The third-order valence-electron chi connectivity index (χ3n) is 14.1. The number of aryl methyl sites for hydroxylation is 2. The van der Waals surface area contributed by atoms with Gasteiger partial charge in [0.05, 0.1) is 31.1 Å². The molecule has 378 valence electrons. The number of hydrogen-bond acceptors (Lipinski definition) is 13. The van der Waals surface area contributed by atoms with Gasteiger partial charge in [-0.15, -0.1) is 0 Å². The lowest BCUT2D eigenvalue weighted by molar-refractivity contribution is -0.119. The fraction of sp³-hybridized carbons (Fsp3) is 0.382. The van der Waals surface area contributed by atoms with E-state index in [-0.39, 0.29) is 68.0 Å². The zero-order valence-corrected chi connectivity index (χ0v) is 43.6. The highest BCUT2D eigenvalue weighted by molar-refractivity contribution is 8.77. The van der Waals surface area contributed by atoms with Crippen LogP contribution in [0, 0.1) is 6.92 Å². The van der Waals surface area contributed by atoms with Crippen molar-refractivity contribution < 1.29 is 51.1 Å². The van der Waals surface area contributed by atoms with Gasteiger partial charge < -0.3 is 34.4 Å². The van der Waals surface area contributed by atoms with Gasteiger partial charge in [0.1, 0.15) is 24.2 Å². The number of anilines is 3. The molecule has 4 aliphatic heterocycles. The standard InChI is InChI=1S/C55H59N3O11S3/c1-7-46(59)51(72(64,65)67-6)18-19-70-71-55(3,4)54(63)56-39-22-33(30-68-48-28-38-26-47(60)45-25-37-13-9-11-15-44(37)58(45)53(62)41(38)20-32(48)2)21-34(23-39)31-69-50-27-35-16-17-40-24-36-12-8-10-14-43(36)57(40)52(61)42(35)29-49(50)66-5/h8-15,20-23,27-29,40,45,47,51,60H,7,16-19,24-26,30-31H2,1-6H3,(H,56,63)/t40-,45+,47?,51?/m1/s1. The number of aliphatic hydroxyl groups excluding tert-OH is 1. The van der Waals surface area contributed by atoms with Gasteiger partial charge in [-0.1, -0.05) is 64.9 Å². The number of rotatable bonds is 18. The van der Waals surface area contributed by atoms with Gasteiger partial charge in [0.2, 0.25) is 5.91 Å². The molecule has 4 atom stereocenters. The van der Waals surface area contributed by atoms with E-state index in [2.05, 4.69) is 15.6 Å². The second-order valence-corrected chi connectivity index (χ2v) is 24.2. The predicted octanol–water partition coefficient (Wildman–Crippen LogP) is 8.98. The summed E-state index contributed by atoms with van der Waals surface area (Å²) >= 11 is 0. The van der Waals surface area contributed by atoms with Crippen molar-refractivity contribution in [2.24, 2.45) is 0 Å². The number of nitrogens with one attached hydrogen (secondary N) is 1. The highest BCUT2D eigenvalue weighted by Gasteiger charge is 2.42. The van der Waals surface area contributed by atoms with Gasteiger partial charge in [-0.3, -0.25) is 23.4 Å². The number of ether oxygens (including phenoxy) is 3. The summed E-state index contributed by atoms with van der Waals surface area (Å²) in [5, 5.41) is 13.3. The van der Waals surface area contributed by atoms with Gasteiger partial charge in [-0.2, -0.15) is 8.42 Å². The van der Waals surface area contributed by atoms with Crippen molar-refractivity contribution in [3.8, 4) is 17.2 Å². The Morgan fingerprint density at radius 1 is 0.792 bits per heavy atom. The molecule has 9 rings (SSSR count). The quantitative estimate of drug-likeness (QED) is 0.0483. The Kier molecular flexibility index (Phi) is 14.9. The fourth-order valence-corrected chi connectivity index (χ4v) is 14.0. The lowest BCUT2D eigenvalue weighted by atomic mass is 9.96. The normalized spacial score (nSPS) is 18.4. The number of Topliss-reactive ketones (excluding diaryl/α,β-unsaturated/α-hetero) is 1. The van der Waals surface area contributed by atoms with Crippen LogP contribution in [0.1, 0.15) is 99.7 Å². The molecule has 0 aromatic heterocycles. The predicted molar refractivity (Wildman–Crippen MR) is 281 cm³/mol. The molecular weight excluding hydrogens is 975 g/mol. The highest BCUT2D eigenvalue weighted by atomic mass is 33.1. The number of carbonyl (C=O) groups excluding carboxylic acids is 4. The number of fused-ring (bicyclic) bond motifs is 8. The van der Waals surface area contributed by atoms with Crippen LogP contribution < -0.4 is 29.3 Å². The van der Waals surface area contributed by atoms with Crippen molar-refractivity contribution in [3.05, 3.63) is 141 Å². The Morgan fingerprint density at radius 2 is 1.42 bits per heavy atom. The molecule has 72 heavy (non-hydrogen) atoms. The highest BCUT2D eigenvalue weighted by Crippen LogP contribution is 2.43. The zero-order valence-electron chi connectivity index (χ0n) is 41.2. The van der Waals surface area contributed by atoms with E-state index in [4.69, 9.17) is 14.2 Å². The first-order chi connectivity index (χ1) is 34.5. The minimum atomic E-state index is -4.07. The van der Waals surface area contributed by atoms with Crippen LogP contribution in [0.2, 0.25) is 0 Å². The largest absolute Gasteiger partial charge is 0.493 e. The van der Waals surface area contributed by atoms with E-state index in [0.717, 1.165) is 48.0 Å². The molecule has 4 aliphatic rings. The minimum Gasteiger partial charge on any atom is -0.493 e. The van der Waals surface area contributed by atoms with E-state index in [0.29, 0.717) is 63.6 Å². The minimum absolute atomic E-state index is 0.0382. The molecule has 17 heteroatoms. The second-order valence-electron chi connectivity index (χ2n) is 19.2. The molecule has 0 bridgehead atoms. The van der Waals surface area contributed by atoms with Crippen molar-refractivity contribution in [2.75, 3.05) is 35.1 Å². The third kappa shape index (κ3) is 10.2. The number of hydrogen-bond donors (Lipinski definition) is 2. The molecule has 5 aromatic carbocycles. The van der Waals surface area contributed by atoms with Crippen molar-refractivity contribution in [3.63, 3.8) is 0 Å². The number of para-hydroxylation sites is 2. The zero-order chi connectivity index (χ0) is 51.1. The summed E-state index contributed by atoms with van der Waals surface area (Å²) in [7, 11) is 1.09. The summed E-state index contributed by atoms with van der Waals surface area (Å²) < 4.78 is 47.5. The third-order valence-corrected chi connectivity index (χ3v) is 18.9. The molecule has 4 heterocycles. The molecule has 2 N–H and O–H groups in total. The number of aliphatic hydroxyl groups is 1. The van der Waals surface area contributed by atoms with E-state index < -0.39 is 32.0 Å². The number of nitrogens with zero attached hydrogens (tertiary/aromatic N) is 2. The first-order valence-corrected chi connectivity index (χ1v) is 28.0. The second kappa shape index (κ2) is 20.9. The SMILES string of the molecule is CCC(=O)C(CCSSC(C)(C)C(=O)Nc1cc(COc2cc3c(cc2C)C(=O)N2c4ccccc4C[C@H]2C(O)C3)cc(COc2cc3c(cc2OC)C(=O)N2c4ccccc4C[C@H]2CC3)c1)S(=O)(=O)OC. The van der Waals surface area contributed by atoms with Crippen molar-refractivity contribution in [1.29, 1.82) is 0 Å². The van der Waals surface area contributed by atoms with Gasteiger partial charge >= 0.3 is 0 Å². The summed E-state index contributed by atoms with van der Waals surface area (Å²) in [6.07, 6.45) is 2.43. The number of amides is 3. The number of benzene rings is 5. The summed E-state index contributed by atoms with van der Waals surface area (Å²) in [5.74, 6) is 0.745. The van der Waals surface area contributed by atoms with Gasteiger partial charge in [-0.05, 0) is 146 Å². The van der Waals surface area contributed by atoms with E-state index in [1.807, 2.05) is 90.7 Å². The number of methoxy groups -OCH3 is 1. The smallest absolute Gasteiger partial charge is 0.277 e. The van der Waals surface area contributed by atoms with E-state index in [1.54, 1.807) is 38.8 Å². The van der Waals surface area contributed by atoms with Gasteiger partial charge in [-0.25, -0.2) is 0 Å². The Labute approximate surface area is 428 Å². The molecule has 2 unspecified atom stereocenters. The maximum atomic E-state index is 14.2. The van der Waals surface area contributed by atoms with Crippen LogP contribution in [0.15, 0.2) is 91.0 Å². The first-order valence-electron chi connectivity index (χ1n) is 24.2. The van der Waals surface area contributed by atoms with Gasteiger partial charge in [0.15, 0.2) is 17.3 Å². The molecule has 0 spiro atoms. The summed E-state index contributed by atoms with van der Waals surface area (Å²) in [6.45, 7) is 7.17. The average molecular weight is 1030 g/mol. The monoisotopic (exact) mass is 1030 g/mol. The van der Waals surface area contributed by atoms with E-state index >= 15 is 0 Å². The number of ketones is 1. The first kappa shape index (κ1) is 51.1. The summed E-state index contributed by atoms with van der Waals surface area (Å²) in [5.41, 5.74) is 9.28. The van der Waals surface area contributed by atoms with Crippen LogP contribution in [-0.4, -0.2) is 85.2 Å². The Balaban J connectivity index is 0.954. The van der Waals surface area contributed by atoms with Crippen LogP contribution in [0.4, 0.5) is 17.1 Å². The molecular formula is C55H59N3O11S3. The molecule has 0 fully saturated rings. The molecule has 3 amide bonds. The molecule has 5 aromatic rings. The van der Waals surface area contributed by atoms with Gasteiger partial charge in [0, 0.05) is 52.8 Å². The average Bonchev–Trinajstić information content (AvgIpc) is 3.89. The van der Waals surface area contributed by atoms with Crippen LogP contribution in [0.25, 0.3) is 0 Å². The Morgan fingerprint density at radius 3 is 2.10 bits per heavy atom. The molecule has 0 saturated heterocycles. The van der Waals surface area contributed by atoms with Crippen LogP contribution in [-0.2, 0) is 62.8 Å². The van der Waals surface area contributed by atoms with Crippen molar-refractivity contribution in [1.82, 2.24) is 0 Å². The maximum absolute atomic E-state index is 14.2. The topological polar surface area (TPSA) is 178 Å². The van der Waals surface area contributed by atoms with Crippen LogP contribution in [0.3, 0.4) is 0 Å². The van der Waals surface area contributed by atoms with Crippen molar-refractivity contribution in [2.45, 2.75) is 114 Å². The van der Waals surface area contributed by atoms with Crippen molar-refractivity contribution >= 4 is 72.3 Å². The number of carbonyl (C=O) groups is 4. The molecule has 0 saturated carbocycles. The van der Waals surface area contributed by atoms with Crippen LogP contribution in [0.5, 0.6) is 17.2 Å². The van der Waals surface area contributed by atoms with Crippen LogP contribution >= 0.6 is 21.6 Å². The lowest BCUT2D eigenvalue weighted by Crippen LogP contribution is -2.43. The lowest BCUT2D eigenvalue weighted by Gasteiger charge is -2.26. The summed E-state index contributed by atoms with van der Waals surface area (Å²) in [4.78, 5) is 58.5. The van der Waals surface area contributed by atoms with Gasteiger partial charge in [0.25, 0.3) is 21.9 Å². The summed E-state index contributed by atoms with van der Waals surface area (Å²) in [6, 6.07) is 28.4. The Hall–Kier alpha value is -5.85.